The first-order valence-electron chi connectivity index (χ1n) is 10.6. The largest absolute Gasteiger partial charge is 0.351 e. The Morgan fingerprint density at radius 2 is 1.93 bits per heavy atom. The molecule has 1 aromatic heterocycles. The summed E-state index contributed by atoms with van der Waals surface area (Å²) in [4.78, 5) is 33.1. The number of nitrogens with zero attached hydrogens (tertiary/aromatic N) is 3. The normalized spacial score (nSPS) is 23.5. The number of nitrogens with one attached hydrogen (secondary N) is 1. The number of hydrogen-bond donors (Lipinski definition) is 1. The van der Waals surface area contributed by atoms with E-state index in [0.717, 1.165) is 43.1 Å². The fourth-order valence-corrected chi connectivity index (χ4v) is 4.67. The molecule has 1 atom stereocenters. The summed E-state index contributed by atoms with van der Waals surface area (Å²) in [6.07, 6.45) is 7.68. The molecular formula is C22H30N4O2. The molecule has 0 radical (unpaired) electrons. The van der Waals surface area contributed by atoms with Crippen molar-refractivity contribution in [3.8, 4) is 0 Å². The van der Waals surface area contributed by atoms with E-state index in [1.165, 1.54) is 12.8 Å². The van der Waals surface area contributed by atoms with E-state index in [0.29, 0.717) is 18.9 Å². The van der Waals surface area contributed by atoms with Crippen molar-refractivity contribution in [2.45, 2.75) is 76.9 Å². The lowest BCUT2D eigenvalue weighted by Crippen LogP contribution is -2.65. The Kier molecular flexibility index (Phi) is 5.13. The standard InChI is InChI=1S/C22H30N4O2/c1-3-14-26-20(27)19-24-17-12-8-9-13-18(17)25(19)15-22(26,2)21(28)23-16-10-6-4-5-7-11-16/h8-9,12-13,16H,3-7,10-11,14-15H2,1-2H3,(H,23,28)/t22-/m1/s1. The molecule has 1 aromatic carbocycles. The van der Waals surface area contributed by atoms with Crippen LogP contribution in [0.3, 0.4) is 0 Å². The van der Waals surface area contributed by atoms with Crippen LogP contribution in [0.4, 0.5) is 0 Å². The van der Waals surface area contributed by atoms with Crippen molar-refractivity contribution in [3.05, 3.63) is 30.1 Å². The van der Waals surface area contributed by atoms with Gasteiger partial charge in [0.15, 0.2) is 5.82 Å². The monoisotopic (exact) mass is 382 g/mol. The van der Waals surface area contributed by atoms with Crippen LogP contribution in [0.25, 0.3) is 11.0 Å². The van der Waals surface area contributed by atoms with E-state index in [2.05, 4.69) is 10.3 Å². The highest BCUT2D eigenvalue weighted by Crippen LogP contribution is 2.31. The SMILES string of the molecule is CCCN1C(=O)c2nc3ccccc3n2C[C@]1(C)C(=O)NC1CCCCCC1. The molecule has 0 bridgehead atoms. The van der Waals surface area contributed by atoms with E-state index in [9.17, 15) is 9.59 Å². The number of rotatable bonds is 4. The Hall–Kier alpha value is -2.37. The highest BCUT2D eigenvalue weighted by Gasteiger charge is 2.48. The first-order chi connectivity index (χ1) is 13.5. The summed E-state index contributed by atoms with van der Waals surface area (Å²) in [5.74, 6) is 0.252. The number of benzene rings is 1. The molecule has 0 spiro atoms. The van der Waals surface area contributed by atoms with Crippen LogP contribution in [0.15, 0.2) is 24.3 Å². The van der Waals surface area contributed by atoms with E-state index in [4.69, 9.17) is 0 Å². The van der Waals surface area contributed by atoms with Crippen molar-refractivity contribution in [1.29, 1.82) is 0 Å². The molecule has 2 aliphatic rings. The van der Waals surface area contributed by atoms with Crippen molar-refractivity contribution < 1.29 is 9.59 Å². The zero-order chi connectivity index (χ0) is 19.7. The topological polar surface area (TPSA) is 67.2 Å². The number of carbonyl (C=O) groups excluding carboxylic acids is 2. The third kappa shape index (κ3) is 3.19. The quantitative estimate of drug-likeness (QED) is 0.823. The van der Waals surface area contributed by atoms with Crippen LogP contribution >= 0.6 is 0 Å². The summed E-state index contributed by atoms with van der Waals surface area (Å²) < 4.78 is 1.93. The fraction of sp³-hybridized carbons (Fsp3) is 0.591. The van der Waals surface area contributed by atoms with Crippen LogP contribution in [0.5, 0.6) is 0 Å². The van der Waals surface area contributed by atoms with Crippen molar-refractivity contribution in [1.82, 2.24) is 19.8 Å². The zero-order valence-corrected chi connectivity index (χ0v) is 16.9. The number of para-hydroxylation sites is 2. The van der Waals surface area contributed by atoms with Gasteiger partial charge in [-0.3, -0.25) is 9.59 Å². The van der Waals surface area contributed by atoms with Crippen molar-refractivity contribution >= 4 is 22.8 Å². The smallest absolute Gasteiger partial charge is 0.290 e. The van der Waals surface area contributed by atoms with Gasteiger partial charge >= 0.3 is 0 Å². The number of fused-ring (bicyclic) bond motifs is 3. The Labute approximate surface area is 166 Å². The molecule has 1 saturated carbocycles. The van der Waals surface area contributed by atoms with Gasteiger partial charge in [-0.15, -0.1) is 0 Å². The fourth-order valence-electron chi connectivity index (χ4n) is 4.67. The molecule has 1 aliphatic heterocycles. The van der Waals surface area contributed by atoms with Gasteiger partial charge in [0.1, 0.15) is 5.54 Å². The Bertz CT molecular complexity index is 882. The molecule has 28 heavy (non-hydrogen) atoms. The second kappa shape index (κ2) is 7.57. The van der Waals surface area contributed by atoms with E-state index in [-0.39, 0.29) is 17.9 Å². The first-order valence-corrected chi connectivity index (χ1v) is 10.6. The van der Waals surface area contributed by atoms with Gasteiger partial charge in [-0.2, -0.15) is 0 Å². The van der Waals surface area contributed by atoms with Gasteiger partial charge in [-0.05, 0) is 38.3 Å². The molecule has 4 rings (SSSR count). The molecule has 0 saturated heterocycles. The lowest BCUT2D eigenvalue weighted by molar-refractivity contribution is -0.133. The van der Waals surface area contributed by atoms with Gasteiger partial charge in [-0.1, -0.05) is 44.7 Å². The Morgan fingerprint density at radius 1 is 1.21 bits per heavy atom. The number of carbonyl (C=O) groups is 2. The van der Waals surface area contributed by atoms with Gasteiger partial charge in [0.2, 0.25) is 5.91 Å². The highest BCUT2D eigenvalue weighted by atomic mass is 16.2. The van der Waals surface area contributed by atoms with Crippen LogP contribution in [0.2, 0.25) is 0 Å². The number of hydrogen-bond acceptors (Lipinski definition) is 3. The molecular weight excluding hydrogens is 352 g/mol. The van der Waals surface area contributed by atoms with Gasteiger partial charge < -0.3 is 14.8 Å². The molecule has 1 fully saturated rings. The van der Waals surface area contributed by atoms with Crippen LogP contribution < -0.4 is 5.32 Å². The maximum absolute atomic E-state index is 13.5. The average molecular weight is 383 g/mol. The average Bonchev–Trinajstić information content (AvgIpc) is 2.86. The molecule has 1 N–H and O–H groups in total. The molecule has 150 valence electrons. The molecule has 6 nitrogen and oxygen atoms in total. The first kappa shape index (κ1) is 19.0. The van der Waals surface area contributed by atoms with Crippen LogP contribution in [0.1, 0.15) is 69.4 Å². The Morgan fingerprint density at radius 3 is 2.64 bits per heavy atom. The lowest BCUT2D eigenvalue weighted by Gasteiger charge is -2.44. The minimum Gasteiger partial charge on any atom is -0.351 e. The van der Waals surface area contributed by atoms with Crippen LogP contribution in [-0.4, -0.2) is 44.4 Å². The third-order valence-electron chi connectivity index (χ3n) is 6.28. The molecule has 2 aromatic rings. The third-order valence-corrected chi connectivity index (χ3v) is 6.28. The predicted molar refractivity (Wildman–Crippen MR) is 109 cm³/mol. The second-order valence-electron chi connectivity index (χ2n) is 8.40. The van der Waals surface area contributed by atoms with Crippen molar-refractivity contribution in [2.24, 2.45) is 0 Å². The van der Waals surface area contributed by atoms with E-state index in [1.807, 2.05) is 42.7 Å². The van der Waals surface area contributed by atoms with E-state index in [1.54, 1.807) is 4.90 Å². The van der Waals surface area contributed by atoms with Crippen molar-refractivity contribution in [2.75, 3.05) is 6.54 Å². The molecule has 1 aliphatic carbocycles. The summed E-state index contributed by atoms with van der Waals surface area (Å²) in [5.41, 5.74) is 0.807. The molecule has 0 unspecified atom stereocenters. The van der Waals surface area contributed by atoms with Crippen LogP contribution in [-0.2, 0) is 11.3 Å². The summed E-state index contributed by atoms with van der Waals surface area (Å²) in [6, 6.07) is 7.97. The highest BCUT2D eigenvalue weighted by molar-refractivity contribution is 6.01. The minimum atomic E-state index is -0.907. The molecule has 2 amide bonds. The molecule has 2 heterocycles. The van der Waals surface area contributed by atoms with Crippen LogP contribution in [0, 0.1) is 0 Å². The predicted octanol–water partition coefficient (Wildman–Crippen LogP) is 3.50. The van der Waals surface area contributed by atoms with Crippen molar-refractivity contribution in [3.63, 3.8) is 0 Å². The second-order valence-corrected chi connectivity index (χ2v) is 8.40. The van der Waals surface area contributed by atoms with Gasteiger partial charge in [-0.25, -0.2) is 4.98 Å². The number of amides is 2. The van der Waals surface area contributed by atoms with E-state index >= 15 is 0 Å². The number of imidazole rings is 1. The van der Waals surface area contributed by atoms with Gasteiger partial charge in [0.25, 0.3) is 5.91 Å². The maximum Gasteiger partial charge on any atom is 0.290 e. The summed E-state index contributed by atoms with van der Waals surface area (Å²) in [6.45, 7) is 4.93. The lowest BCUT2D eigenvalue weighted by atomic mass is 9.94. The molecule has 6 heteroatoms. The van der Waals surface area contributed by atoms with Gasteiger partial charge in [0, 0.05) is 12.6 Å². The van der Waals surface area contributed by atoms with E-state index < -0.39 is 5.54 Å². The summed E-state index contributed by atoms with van der Waals surface area (Å²) in [7, 11) is 0. The maximum atomic E-state index is 13.5. The summed E-state index contributed by atoms with van der Waals surface area (Å²) >= 11 is 0. The Balaban J connectivity index is 1.69. The zero-order valence-electron chi connectivity index (χ0n) is 16.9. The summed E-state index contributed by atoms with van der Waals surface area (Å²) in [5, 5.41) is 3.28. The minimum absolute atomic E-state index is 0.0374. The number of aromatic nitrogens is 2. The van der Waals surface area contributed by atoms with Gasteiger partial charge in [0.05, 0.1) is 17.6 Å².